The lowest BCUT2D eigenvalue weighted by atomic mass is 10.1. The maximum atomic E-state index is 10.9. The minimum atomic E-state index is -0.503. The van der Waals surface area contributed by atoms with Gasteiger partial charge in [-0.05, 0) is 53.9 Å². The number of fused-ring (bicyclic) bond motifs is 1. The van der Waals surface area contributed by atoms with Crippen LogP contribution < -0.4 is 25.8 Å². The Morgan fingerprint density at radius 2 is 1.75 bits per heavy atom. The molecule has 168 valence electrons. The Balaban J connectivity index is 1.44. The van der Waals surface area contributed by atoms with E-state index < -0.39 is 5.91 Å². The van der Waals surface area contributed by atoms with Gasteiger partial charge in [-0.25, -0.2) is 4.99 Å². The number of amides is 1. The van der Waals surface area contributed by atoms with Crippen LogP contribution in [0.1, 0.15) is 18.9 Å². The first kappa shape index (κ1) is 22.9. The number of primary amides is 1. The minimum Gasteiger partial charge on any atom is -0.494 e. The van der Waals surface area contributed by atoms with Gasteiger partial charge in [0, 0.05) is 13.1 Å². The molecule has 0 spiro atoms. The van der Waals surface area contributed by atoms with Gasteiger partial charge in [0.2, 0.25) is 0 Å². The average molecular weight is 435 g/mol. The summed E-state index contributed by atoms with van der Waals surface area (Å²) in [6, 6.07) is 21.9. The number of hydrogen-bond donors (Lipinski definition) is 3. The van der Waals surface area contributed by atoms with Crippen LogP contribution in [0.25, 0.3) is 10.8 Å². The second-order valence-electron chi connectivity index (χ2n) is 7.24. The van der Waals surface area contributed by atoms with Crippen molar-refractivity contribution >= 4 is 22.6 Å². The van der Waals surface area contributed by atoms with Crippen molar-refractivity contribution < 1.29 is 14.3 Å². The van der Waals surface area contributed by atoms with Crippen molar-refractivity contribution in [3.8, 4) is 11.5 Å². The quantitative estimate of drug-likeness (QED) is 0.245. The van der Waals surface area contributed by atoms with Gasteiger partial charge in [-0.2, -0.15) is 0 Å². The molecule has 0 fully saturated rings. The van der Waals surface area contributed by atoms with Crippen molar-refractivity contribution in [2.24, 2.45) is 10.7 Å². The molecule has 0 saturated carbocycles. The molecule has 0 aliphatic rings. The molecule has 7 heteroatoms. The number of nitrogens with one attached hydrogen (secondary N) is 2. The summed E-state index contributed by atoms with van der Waals surface area (Å²) in [5.41, 5.74) is 6.10. The van der Waals surface area contributed by atoms with Gasteiger partial charge in [-0.3, -0.25) is 4.79 Å². The summed E-state index contributed by atoms with van der Waals surface area (Å²) >= 11 is 0. The molecule has 0 atom stereocenters. The molecular weight excluding hydrogens is 404 g/mol. The van der Waals surface area contributed by atoms with Gasteiger partial charge in [0.05, 0.1) is 13.2 Å². The van der Waals surface area contributed by atoms with E-state index in [9.17, 15) is 4.79 Å². The third-order valence-electron chi connectivity index (χ3n) is 4.65. The zero-order valence-corrected chi connectivity index (χ0v) is 18.3. The fourth-order valence-corrected chi connectivity index (χ4v) is 3.13. The van der Waals surface area contributed by atoms with Gasteiger partial charge in [0.15, 0.2) is 12.6 Å². The smallest absolute Gasteiger partial charge is 0.255 e. The van der Waals surface area contributed by atoms with Crippen molar-refractivity contribution in [2.45, 2.75) is 19.9 Å². The molecule has 32 heavy (non-hydrogen) atoms. The van der Waals surface area contributed by atoms with E-state index in [0.29, 0.717) is 18.9 Å². The summed E-state index contributed by atoms with van der Waals surface area (Å²) in [5, 5.41) is 8.95. The van der Waals surface area contributed by atoms with Crippen LogP contribution in [0.15, 0.2) is 71.7 Å². The van der Waals surface area contributed by atoms with Gasteiger partial charge >= 0.3 is 0 Å². The summed E-state index contributed by atoms with van der Waals surface area (Å²) in [6.45, 7) is 4.49. The van der Waals surface area contributed by atoms with E-state index >= 15 is 0 Å². The van der Waals surface area contributed by atoms with Crippen molar-refractivity contribution in [1.29, 1.82) is 0 Å². The number of aliphatic imine (C=N–C) groups is 1. The standard InChI is InChI=1S/C25H30N4O3/c1-2-27-25(29-17-19-7-5-10-22(15-19)32-18-24(26)30)28-13-6-14-31-23-12-11-20-8-3-4-9-21(20)16-23/h3-5,7-12,15-16H,2,6,13-14,17-18H2,1H3,(H2,26,30)(H2,27,28,29). The molecule has 0 aliphatic carbocycles. The van der Waals surface area contributed by atoms with Crippen molar-refractivity contribution in [1.82, 2.24) is 10.6 Å². The molecule has 4 N–H and O–H groups in total. The fourth-order valence-electron chi connectivity index (χ4n) is 3.13. The number of guanidine groups is 1. The fraction of sp³-hybridized carbons (Fsp3) is 0.280. The molecule has 0 aliphatic heterocycles. The summed E-state index contributed by atoms with van der Waals surface area (Å²) < 4.78 is 11.2. The SMILES string of the molecule is CCNC(=NCc1cccc(OCC(N)=O)c1)NCCCOc1ccc2ccccc2c1. The first-order valence-corrected chi connectivity index (χ1v) is 10.8. The average Bonchev–Trinajstić information content (AvgIpc) is 2.81. The molecule has 7 nitrogen and oxygen atoms in total. The molecule has 0 heterocycles. The predicted octanol–water partition coefficient (Wildman–Crippen LogP) is 3.23. The molecular formula is C25H30N4O3. The first-order chi connectivity index (χ1) is 15.6. The first-order valence-electron chi connectivity index (χ1n) is 10.8. The van der Waals surface area contributed by atoms with Crippen LogP contribution in [-0.4, -0.2) is 38.2 Å². The highest BCUT2D eigenvalue weighted by Crippen LogP contribution is 2.20. The van der Waals surface area contributed by atoms with Crippen molar-refractivity contribution in [3.05, 3.63) is 72.3 Å². The third-order valence-corrected chi connectivity index (χ3v) is 4.65. The molecule has 0 saturated heterocycles. The van der Waals surface area contributed by atoms with E-state index in [1.807, 2.05) is 43.3 Å². The zero-order chi connectivity index (χ0) is 22.6. The molecule has 0 bridgehead atoms. The van der Waals surface area contributed by atoms with Crippen molar-refractivity contribution in [2.75, 3.05) is 26.3 Å². The van der Waals surface area contributed by atoms with Crippen molar-refractivity contribution in [3.63, 3.8) is 0 Å². The van der Waals surface area contributed by atoms with Crippen LogP contribution >= 0.6 is 0 Å². The Kier molecular flexibility index (Phi) is 8.74. The highest BCUT2D eigenvalue weighted by atomic mass is 16.5. The number of carbonyl (C=O) groups is 1. The molecule has 0 radical (unpaired) electrons. The number of carbonyl (C=O) groups excluding carboxylic acids is 1. The normalized spacial score (nSPS) is 11.2. The summed E-state index contributed by atoms with van der Waals surface area (Å²) in [7, 11) is 0. The number of hydrogen-bond acceptors (Lipinski definition) is 4. The van der Waals surface area contributed by atoms with E-state index in [4.69, 9.17) is 15.2 Å². The monoisotopic (exact) mass is 434 g/mol. The number of rotatable bonds is 11. The second kappa shape index (κ2) is 12.2. The van der Waals surface area contributed by atoms with Gasteiger partial charge in [-0.1, -0.05) is 42.5 Å². The number of nitrogens with zero attached hydrogens (tertiary/aromatic N) is 1. The predicted molar refractivity (Wildman–Crippen MR) is 128 cm³/mol. The molecule has 1 amide bonds. The lowest BCUT2D eigenvalue weighted by molar-refractivity contribution is -0.119. The van der Waals surface area contributed by atoms with E-state index in [1.54, 1.807) is 6.07 Å². The van der Waals surface area contributed by atoms with E-state index in [1.165, 1.54) is 10.8 Å². The van der Waals surface area contributed by atoms with Crippen LogP contribution in [0.5, 0.6) is 11.5 Å². The number of ether oxygens (including phenoxy) is 2. The summed E-state index contributed by atoms with van der Waals surface area (Å²) in [4.78, 5) is 15.5. The summed E-state index contributed by atoms with van der Waals surface area (Å²) in [5.74, 6) is 1.71. The maximum Gasteiger partial charge on any atom is 0.255 e. The molecule has 0 unspecified atom stereocenters. The second-order valence-corrected chi connectivity index (χ2v) is 7.24. The van der Waals surface area contributed by atoms with Crippen LogP contribution in [0.2, 0.25) is 0 Å². The van der Waals surface area contributed by atoms with E-state index in [-0.39, 0.29) is 6.61 Å². The topological polar surface area (TPSA) is 98.0 Å². The lowest BCUT2D eigenvalue weighted by Crippen LogP contribution is -2.38. The van der Waals surface area contributed by atoms with Crippen LogP contribution in [0.3, 0.4) is 0 Å². The van der Waals surface area contributed by atoms with Crippen LogP contribution in [0.4, 0.5) is 0 Å². The Morgan fingerprint density at radius 1 is 0.938 bits per heavy atom. The zero-order valence-electron chi connectivity index (χ0n) is 18.3. The van der Waals surface area contributed by atoms with Crippen LogP contribution in [-0.2, 0) is 11.3 Å². The molecule has 0 aromatic heterocycles. The highest BCUT2D eigenvalue weighted by molar-refractivity contribution is 5.83. The highest BCUT2D eigenvalue weighted by Gasteiger charge is 2.02. The van der Waals surface area contributed by atoms with Gasteiger partial charge in [-0.15, -0.1) is 0 Å². The van der Waals surface area contributed by atoms with E-state index in [0.717, 1.165) is 36.8 Å². The summed E-state index contributed by atoms with van der Waals surface area (Å²) in [6.07, 6.45) is 0.841. The van der Waals surface area contributed by atoms with Crippen LogP contribution in [0, 0.1) is 0 Å². The maximum absolute atomic E-state index is 10.9. The molecule has 3 aromatic rings. The van der Waals surface area contributed by atoms with Gasteiger partial charge in [0.25, 0.3) is 5.91 Å². The Hall–Kier alpha value is -3.74. The number of nitrogens with two attached hydrogens (primary N) is 1. The number of benzene rings is 3. The largest absolute Gasteiger partial charge is 0.494 e. The lowest BCUT2D eigenvalue weighted by Gasteiger charge is -2.12. The molecule has 3 rings (SSSR count). The Bertz CT molecular complexity index is 1050. The van der Waals surface area contributed by atoms with Gasteiger partial charge in [0.1, 0.15) is 11.5 Å². The van der Waals surface area contributed by atoms with Gasteiger partial charge < -0.3 is 25.8 Å². The van der Waals surface area contributed by atoms with E-state index in [2.05, 4.69) is 39.9 Å². The minimum absolute atomic E-state index is 0.141. The third kappa shape index (κ3) is 7.50. The Labute approximate surface area is 188 Å². The Morgan fingerprint density at radius 3 is 2.56 bits per heavy atom. The molecule has 3 aromatic carbocycles.